The number of rotatable bonds is 6. The van der Waals surface area contributed by atoms with Crippen molar-refractivity contribution in [1.82, 2.24) is 14.9 Å². The molecular formula is C15H25N3O2. The van der Waals surface area contributed by atoms with Crippen molar-refractivity contribution in [2.75, 3.05) is 0 Å². The molecule has 1 aliphatic rings. The van der Waals surface area contributed by atoms with Gasteiger partial charge < -0.3 is 15.0 Å². The third kappa shape index (κ3) is 3.82. The van der Waals surface area contributed by atoms with Gasteiger partial charge in [-0.25, -0.2) is 4.98 Å². The Morgan fingerprint density at radius 1 is 1.45 bits per heavy atom. The summed E-state index contributed by atoms with van der Waals surface area (Å²) in [6.07, 6.45) is 9.84. The number of hydrogen-bond acceptors (Lipinski definition) is 3. The molecule has 5 heteroatoms. The van der Waals surface area contributed by atoms with Gasteiger partial charge >= 0.3 is 5.97 Å². The monoisotopic (exact) mass is 279 g/mol. The second-order valence-corrected chi connectivity index (χ2v) is 5.65. The van der Waals surface area contributed by atoms with Crippen LogP contribution in [-0.2, 0) is 17.9 Å². The summed E-state index contributed by atoms with van der Waals surface area (Å²) in [4.78, 5) is 15.6. The molecule has 2 atom stereocenters. The molecule has 0 saturated heterocycles. The molecule has 1 aromatic heterocycles. The number of carboxylic acid groups (broad SMARTS) is 1. The Labute approximate surface area is 120 Å². The SMILES string of the molecule is CCCn1cncc1CN[C@@H]1CCCCC[C@@H]1C(=O)O. The molecule has 1 aromatic rings. The Kier molecular flexibility index (Phi) is 5.59. The van der Waals surface area contributed by atoms with Crippen LogP contribution in [0.5, 0.6) is 0 Å². The van der Waals surface area contributed by atoms with Gasteiger partial charge in [0.05, 0.1) is 17.9 Å². The highest BCUT2D eigenvalue weighted by Crippen LogP contribution is 2.24. The summed E-state index contributed by atoms with van der Waals surface area (Å²) in [5.74, 6) is -0.911. The Morgan fingerprint density at radius 2 is 2.25 bits per heavy atom. The lowest BCUT2D eigenvalue weighted by molar-refractivity contribution is -0.143. The van der Waals surface area contributed by atoms with E-state index in [4.69, 9.17) is 0 Å². The molecule has 20 heavy (non-hydrogen) atoms. The fraction of sp³-hybridized carbons (Fsp3) is 0.733. The van der Waals surface area contributed by atoms with E-state index in [0.29, 0.717) is 6.54 Å². The highest BCUT2D eigenvalue weighted by Gasteiger charge is 2.29. The lowest BCUT2D eigenvalue weighted by Crippen LogP contribution is -2.39. The van der Waals surface area contributed by atoms with E-state index in [9.17, 15) is 9.90 Å². The quantitative estimate of drug-likeness (QED) is 0.785. The van der Waals surface area contributed by atoms with E-state index >= 15 is 0 Å². The molecule has 0 aromatic carbocycles. The van der Waals surface area contributed by atoms with E-state index in [1.807, 2.05) is 12.5 Å². The van der Waals surface area contributed by atoms with Crippen molar-refractivity contribution in [2.45, 2.75) is 64.6 Å². The standard InChI is InChI=1S/C15H25N3O2/c1-2-8-18-11-16-9-12(18)10-17-14-7-5-3-4-6-13(14)15(19)20/h9,11,13-14,17H,2-8,10H2,1H3,(H,19,20)/t13-,14+/m0/s1. The third-order valence-corrected chi connectivity index (χ3v) is 4.14. The van der Waals surface area contributed by atoms with Gasteiger partial charge in [-0.1, -0.05) is 26.2 Å². The number of aromatic nitrogens is 2. The van der Waals surface area contributed by atoms with Crippen LogP contribution in [0.2, 0.25) is 0 Å². The summed E-state index contributed by atoms with van der Waals surface area (Å²) in [5.41, 5.74) is 1.14. The predicted octanol–water partition coefficient (Wildman–Crippen LogP) is 2.42. The highest BCUT2D eigenvalue weighted by atomic mass is 16.4. The number of carbonyl (C=O) groups is 1. The van der Waals surface area contributed by atoms with E-state index in [1.54, 1.807) is 0 Å². The van der Waals surface area contributed by atoms with Crippen LogP contribution in [0.15, 0.2) is 12.5 Å². The van der Waals surface area contributed by atoms with Gasteiger partial charge in [0.15, 0.2) is 0 Å². The largest absolute Gasteiger partial charge is 0.481 e. The maximum atomic E-state index is 11.4. The zero-order chi connectivity index (χ0) is 14.4. The van der Waals surface area contributed by atoms with Crippen molar-refractivity contribution in [2.24, 2.45) is 5.92 Å². The van der Waals surface area contributed by atoms with Crippen molar-refractivity contribution in [3.05, 3.63) is 18.2 Å². The van der Waals surface area contributed by atoms with E-state index < -0.39 is 5.97 Å². The minimum atomic E-state index is -0.661. The van der Waals surface area contributed by atoms with Crippen LogP contribution in [0.1, 0.15) is 51.1 Å². The highest BCUT2D eigenvalue weighted by molar-refractivity contribution is 5.70. The number of imidazole rings is 1. The molecule has 0 unspecified atom stereocenters. The molecule has 0 amide bonds. The average Bonchev–Trinajstić information content (AvgIpc) is 2.72. The zero-order valence-electron chi connectivity index (χ0n) is 12.2. The minimum absolute atomic E-state index is 0.0833. The fourth-order valence-corrected chi connectivity index (χ4v) is 3.02. The fourth-order valence-electron chi connectivity index (χ4n) is 3.02. The van der Waals surface area contributed by atoms with Crippen LogP contribution in [0.4, 0.5) is 0 Å². The van der Waals surface area contributed by atoms with Gasteiger partial charge in [0.1, 0.15) is 0 Å². The Hall–Kier alpha value is -1.36. The zero-order valence-corrected chi connectivity index (χ0v) is 12.2. The van der Waals surface area contributed by atoms with Gasteiger partial charge in [-0.05, 0) is 19.3 Å². The summed E-state index contributed by atoms with van der Waals surface area (Å²) in [5, 5.41) is 12.8. The van der Waals surface area contributed by atoms with Crippen LogP contribution < -0.4 is 5.32 Å². The number of aliphatic carboxylic acids is 1. The smallest absolute Gasteiger partial charge is 0.308 e. The molecular weight excluding hydrogens is 254 g/mol. The summed E-state index contributed by atoms with van der Waals surface area (Å²) >= 11 is 0. The molecule has 1 fully saturated rings. The number of nitrogens with one attached hydrogen (secondary N) is 1. The molecule has 0 spiro atoms. The van der Waals surface area contributed by atoms with Crippen LogP contribution in [-0.4, -0.2) is 26.7 Å². The van der Waals surface area contributed by atoms with Gasteiger partial charge in [0, 0.05) is 25.3 Å². The topological polar surface area (TPSA) is 67.2 Å². The van der Waals surface area contributed by atoms with Crippen LogP contribution >= 0.6 is 0 Å². The summed E-state index contributed by atoms with van der Waals surface area (Å²) in [6, 6.07) is 0.0833. The van der Waals surface area contributed by atoms with Crippen molar-refractivity contribution in [1.29, 1.82) is 0 Å². The van der Waals surface area contributed by atoms with Crippen LogP contribution in [0.3, 0.4) is 0 Å². The second kappa shape index (κ2) is 7.43. The molecule has 5 nitrogen and oxygen atoms in total. The molecule has 0 radical (unpaired) electrons. The van der Waals surface area contributed by atoms with Gasteiger partial charge in [0.2, 0.25) is 0 Å². The first-order chi connectivity index (χ1) is 9.72. The van der Waals surface area contributed by atoms with E-state index in [2.05, 4.69) is 21.8 Å². The molecule has 112 valence electrons. The molecule has 0 bridgehead atoms. The number of carboxylic acids is 1. The van der Waals surface area contributed by atoms with E-state index in [1.165, 1.54) is 0 Å². The Balaban J connectivity index is 1.96. The number of nitrogens with zero attached hydrogens (tertiary/aromatic N) is 2. The Morgan fingerprint density at radius 3 is 3.00 bits per heavy atom. The van der Waals surface area contributed by atoms with Crippen LogP contribution in [0, 0.1) is 5.92 Å². The summed E-state index contributed by atoms with van der Waals surface area (Å²) in [7, 11) is 0. The van der Waals surface area contributed by atoms with Crippen molar-refractivity contribution < 1.29 is 9.90 Å². The first-order valence-electron chi connectivity index (χ1n) is 7.67. The second-order valence-electron chi connectivity index (χ2n) is 5.65. The van der Waals surface area contributed by atoms with Gasteiger partial charge in [-0.3, -0.25) is 4.79 Å². The van der Waals surface area contributed by atoms with Gasteiger partial charge in [0.25, 0.3) is 0 Å². The first kappa shape index (κ1) is 15.0. The van der Waals surface area contributed by atoms with Gasteiger partial charge in [-0.15, -0.1) is 0 Å². The number of hydrogen-bond donors (Lipinski definition) is 2. The van der Waals surface area contributed by atoms with Gasteiger partial charge in [-0.2, -0.15) is 0 Å². The minimum Gasteiger partial charge on any atom is -0.481 e. The molecule has 2 rings (SSSR count). The van der Waals surface area contributed by atoms with E-state index in [0.717, 1.165) is 50.8 Å². The maximum absolute atomic E-state index is 11.4. The molecule has 2 N–H and O–H groups in total. The molecule has 1 aliphatic carbocycles. The summed E-state index contributed by atoms with van der Waals surface area (Å²) < 4.78 is 2.14. The molecule has 0 aliphatic heterocycles. The van der Waals surface area contributed by atoms with Crippen LogP contribution in [0.25, 0.3) is 0 Å². The first-order valence-corrected chi connectivity index (χ1v) is 7.67. The summed E-state index contributed by atoms with van der Waals surface area (Å²) in [6.45, 7) is 3.81. The number of aryl methyl sites for hydroxylation is 1. The lowest BCUT2D eigenvalue weighted by Gasteiger charge is -2.23. The third-order valence-electron chi connectivity index (χ3n) is 4.14. The normalized spacial score (nSPS) is 23.4. The predicted molar refractivity (Wildman–Crippen MR) is 77.4 cm³/mol. The van der Waals surface area contributed by atoms with Crippen molar-refractivity contribution >= 4 is 5.97 Å². The lowest BCUT2D eigenvalue weighted by atomic mass is 9.95. The maximum Gasteiger partial charge on any atom is 0.308 e. The Bertz CT molecular complexity index is 431. The molecule has 1 saturated carbocycles. The van der Waals surface area contributed by atoms with Crippen molar-refractivity contribution in [3.8, 4) is 0 Å². The average molecular weight is 279 g/mol. The van der Waals surface area contributed by atoms with Crippen molar-refractivity contribution in [3.63, 3.8) is 0 Å². The molecule has 1 heterocycles. The van der Waals surface area contributed by atoms with E-state index in [-0.39, 0.29) is 12.0 Å².